The molecule has 0 bridgehead atoms. The van der Waals surface area contributed by atoms with Crippen LogP contribution in [0.3, 0.4) is 0 Å². The number of aliphatic imine (C=N–C) groups is 1. The molecule has 0 unspecified atom stereocenters. The number of benzene rings is 4. The third-order valence-electron chi connectivity index (χ3n) is 8.12. The van der Waals surface area contributed by atoms with Gasteiger partial charge in [-0.2, -0.15) is 0 Å². The van der Waals surface area contributed by atoms with E-state index in [1.165, 1.54) is 0 Å². The number of amides is 1. The van der Waals surface area contributed by atoms with Gasteiger partial charge in [-0.25, -0.2) is 4.99 Å². The van der Waals surface area contributed by atoms with Gasteiger partial charge in [0.05, 0.1) is 13.2 Å². The van der Waals surface area contributed by atoms with Gasteiger partial charge in [-0.1, -0.05) is 84.0 Å². The van der Waals surface area contributed by atoms with E-state index in [4.69, 9.17) is 25.1 Å². The number of carbonyl (C=O) groups is 1. The number of ether oxygens (including phenoxy) is 2. The number of rotatable bonds is 15. The van der Waals surface area contributed by atoms with Gasteiger partial charge in [-0.15, -0.1) is 0 Å². The van der Waals surface area contributed by atoms with Crippen molar-refractivity contribution in [2.24, 2.45) is 10.1 Å². The molecule has 4 aromatic rings. The van der Waals surface area contributed by atoms with Gasteiger partial charge < -0.3 is 24.8 Å². The molecule has 1 amide bonds. The molecule has 1 heterocycles. The smallest absolute Gasteiger partial charge is 0.252 e. The summed E-state index contributed by atoms with van der Waals surface area (Å²) in [6.07, 6.45) is 3.87. The zero-order chi connectivity index (χ0) is 33.8. The highest BCUT2D eigenvalue weighted by molar-refractivity contribution is 6.01. The number of carbonyl (C=O) groups excluding carboxylic acids is 1. The van der Waals surface area contributed by atoms with Crippen molar-refractivity contribution >= 4 is 23.6 Å². The first-order valence-electron chi connectivity index (χ1n) is 15.9. The Labute approximate surface area is 281 Å². The van der Waals surface area contributed by atoms with Crippen molar-refractivity contribution in [1.82, 2.24) is 5.32 Å². The lowest BCUT2D eigenvalue weighted by Gasteiger charge is -2.31. The molecule has 10 heteroatoms. The Balaban J connectivity index is 1.55. The molecule has 0 saturated carbocycles. The zero-order valence-corrected chi connectivity index (χ0v) is 27.2. The average Bonchev–Trinajstić information content (AvgIpc) is 3.51. The minimum Gasteiger partial charge on any atom is -0.494 e. The molecule has 48 heavy (non-hydrogen) atoms. The fourth-order valence-corrected chi connectivity index (χ4v) is 5.52. The molecule has 0 radical (unpaired) electrons. The second-order valence-corrected chi connectivity index (χ2v) is 11.6. The van der Waals surface area contributed by atoms with Crippen LogP contribution in [-0.4, -0.2) is 49.8 Å². The molecule has 10 nitrogen and oxygen atoms in total. The van der Waals surface area contributed by atoms with E-state index in [9.17, 15) is 4.79 Å². The number of anilines is 1. The molecule has 0 spiro atoms. The maximum atomic E-state index is 14.6. The van der Waals surface area contributed by atoms with Gasteiger partial charge in [0, 0.05) is 56.3 Å². The number of azide groups is 1. The Kier molecular flexibility index (Phi) is 11.5. The molecule has 0 aliphatic carbocycles. The summed E-state index contributed by atoms with van der Waals surface area (Å²) < 4.78 is 12.4. The van der Waals surface area contributed by atoms with E-state index in [0.29, 0.717) is 42.3 Å². The van der Waals surface area contributed by atoms with E-state index >= 15 is 0 Å². The highest BCUT2D eigenvalue weighted by Gasteiger charge is 2.53. The van der Waals surface area contributed by atoms with Gasteiger partial charge in [-0.05, 0) is 64.2 Å². The van der Waals surface area contributed by atoms with Crippen LogP contribution in [0.5, 0.6) is 5.75 Å². The van der Waals surface area contributed by atoms with Gasteiger partial charge in [0.1, 0.15) is 5.75 Å². The highest BCUT2D eigenvalue weighted by Crippen LogP contribution is 2.44. The van der Waals surface area contributed by atoms with E-state index in [1.54, 1.807) is 0 Å². The van der Waals surface area contributed by atoms with Crippen molar-refractivity contribution in [3.8, 4) is 5.75 Å². The van der Waals surface area contributed by atoms with Crippen LogP contribution >= 0.6 is 0 Å². The quantitative estimate of drug-likeness (QED) is 0.0623. The summed E-state index contributed by atoms with van der Waals surface area (Å²) in [5.41, 5.74) is 12.9. The number of nitrogens with zero attached hydrogens (tertiary/aromatic N) is 5. The number of aliphatic hydroxyl groups excluding tert-OH is 1. The van der Waals surface area contributed by atoms with Crippen LogP contribution in [-0.2, 0) is 22.6 Å². The zero-order valence-electron chi connectivity index (χ0n) is 27.2. The van der Waals surface area contributed by atoms with Crippen LogP contribution in [0.1, 0.15) is 46.8 Å². The second kappa shape index (κ2) is 16.3. The third-order valence-corrected chi connectivity index (χ3v) is 8.12. The first kappa shape index (κ1) is 33.8. The maximum Gasteiger partial charge on any atom is 0.252 e. The first-order valence-corrected chi connectivity index (χ1v) is 15.9. The van der Waals surface area contributed by atoms with Crippen molar-refractivity contribution in [3.63, 3.8) is 0 Å². The van der Waals surface area contributed by atoms with Gasteiger partial charge in [0.15, 0.2) is 11.6 Å². The van der Waals surface area contributed by atoms with Gasteiger partial charge in [0.2, 0.25) is 5.90 Å². The van der Waals surface area contributed by atoms with Crippen LogP contribution in [0.15, 0.2) is 119 Å². The molecule has 2 N–H and O–H groups in total. The molecule has 1 aliphatic rings. The molecule has 0 saturated heterocycles. The van der Waals surface area contributed by atoms with Crippen LogP contribution in [0, 0.1) is 0 Å². The Morgan fingerprint density at radius 2 is 1.77 bits per heavy atom. The standard InChI is InChI=1S/C38H40N6O4/c1-44(2)32-19-15-29(16-20-32)26-40-37(46)38(23-8-12-28-10-4-3-5-11-28)35(34-14-7-6-13-31(34)27-41-43-39)48-36(42-38)30-17-21-33(22-18-30)47-25-9-24-45/h3-8,10-22,35,45H,9,23-27H2,1-2H3,(H,40,46)/b12-8+/t35-,38-/m1/s1. The Morgan fingerprint density at radius 1 is 1.04 bits per heavy atom. The Bertz CT molecular complexity index is 1770. The molecule has 2 atom stereocenters. The van der Waals surface area contributed by atoms with Crippen molar-refractivity contribution < 1.29 is 19.4 Å². The molecule has 1 aliphatic heterocycles. The lowest BCUT2D eigenvalue weighted by atomic mass is 9.82. The normalized spacial score (nSPS) is 16.9. The summed E-state index contributed by atoms with van der Waals surface area (Å²) in [6, 6.07) is 32.7. The summed E-state index contributed by atoms with van der Waals surface area (Å²) >= 11 is 0. The Hall–Kier alpha value is -5.57. The minimum absolute atomic E-state index is 0.0511. The van der Waals surface area contributed by atoms with Gasteiger partial charge in [-0.3, -0.25) is 4.79 Å². The van der Waals surface area contributed by atoms with Gasteiger partial charge in [0.25, 0.3) is 5.91 Å². The minimum atomic E-state index is -1.40. The largest absolute Gasteiger partial charge is 0.494 e. The summed E-state index contributed by atoms with van der Waals surface area (Å²) in [7, 11) is 3.97. The van der Waals surface area contributed by atoms with Crippen LogP contribution in [0.25, 0.3) is 16.5 Å². The molecular weight excluding hydrogens is 604 g/mol. The van der Waals surface area contributed by atoms with Crippen molar-refractivity contribution in [3.05, 3.63) is 147 Å². The fourth-order valence-electron chi connectivity index (χ4n) is 5.52. The Morgan fingerprint density at radius 3 is 2.48 bits per heavy atom. The molecule has 5 rings (SSSR count). The molecule has 4 aromatic carbocycles. The molecule has 246 valence electrons. The summed E-state index contributed by atoms with van der Waals surface area (Å²) in [5, 5.41) is 16.1. The van der Waals surface area contributed by atoms with Gasteiger partial charge >= 0.3 is 0 Å². The topological polar surface area (TPSA) is 132 Å². The highest BCUT2D eigenvalue weighted by atomic mass is 16.5. The lowest BCUT2D eigenvalue weighted by Crippen LogP contribution is -2.48. The van der Waals surface area contributed by atoms with Crippen molar-refractivity contribution in [1.29, 1.82) is 0 Å². The second-order valence-electron chi connectivity index (χ2n) is 11.6. The van der Waals surface area contributed by atoms with Crippen molar-refractivity contribution in [2.45, 2.75) is 37.6 Å². The number of hydrogen-bond acceptors (Lipinski definition) is 7. The van der Waals surface area contributed by atoms with E-state index in [1.807, 2.05) is 134 Å². The van der Waals surface area contributed by atoms with E-state index in [-0.39, 0.29) is 25.5 Å². The summed E-state index contributed by atoms with van der Waals surface area (Å²) in [6.45, 7) is 0.841. The van der Waals surface area contributed by atoms with Crippen molar-refractivity contribution in [2.75, 3.05) is 32.2 Å². The molecule has 0 fully saturated rings. The first-order chi connectivity index (χ1) is 23.4. The number of hydrogen-bond donors (Lipinski definition) is 2. The lowest BCUT2D eigenvalue weighted by molar-refractivity contribution is -0.129. The predicted molar refractivity (Wildman–Crippen MR) is 189 cm³/mol. The third kappa shape index (κ3) is 8.22. The number of nitrogens with one attached hydrogen (secondary N) is 1. The SMILES string of the molecule is CN(C)c1ccc(CNC(=O)[C@]2(C/C=C/c3ccccc3)N=C(c3ccc(OCCCO)cc3)O[C@@H]2c2ccccc2CN=[N+]=[N-])cc1. The van der Waals surface area contributed by atoms with Crippen LogP contribution in [0.4, 0.5) is 5.69 Å². The molecular formula is C38H40N6O4. The fraction of sp³-hybridized carbons (Fsp3) is 0.263. The van der Waals surface area contributed by atoms with E-state index in [0.717, 1.165) is 22.4 Å². The summed E-state index contributed by atoms with van der Waals surface area (Å²) in [4.78, 5) is 24.7. The number of aliphatic hydroxyl groups is 1. The maximum absolute atomic E-state index is 14.6. The monoisotopic (exact) mass is 644 g/mol. The predicted octanol–water partition coefficient (Wildman–Crippen LogP) is 7.00. The summed E-state index contributed by atoms with van der Waals surface area (Å²) in [5.74, 6) is 0.677. The van der Waals surface area contributed by atoms with E-state index < -0.39 is 11.6 Å². The van der Waals surface area contributed by atoms with Crippen LogP contribution < -0.4 is 15.0 Å². The molecule has 0 aromatic heterocycles. The van der Waals surface area contributed by atoms with E-state index in [2.05, 4.69) is 15.3 Å². The van der Waals surface area contributed by atoms with Crippen LogP contribution in [0.2, 0.25) is 0 Å². The average molecular weight is 645 g/mol.